The first kappa shape index (κ1) is 24.8. The number of unbranched alkanes of at least 4 members (excludes halogenated alkanes) is 8. The number of rotatable bonds is 17. The highest BCUT2D eigenvalue weighted by Gasteiger charge is 2.16. The summed E-state index contributed by atoms with van der Waals surface area (Å²) < 4.78 is 0. The van der Waals surface area contributed by atoms with Crippen molar-refractivity contribution in [3.05, 3.63) is 24.3 Å². The molecule has 0 aliphatic carbocycles. The van der Waals surface area contributed by atoms with E-state index in [0.717, 1.165) is 37.1 Å². The summed E-state index contributed by atoms with van der Waals surface area (Å²) in [5, 5.41) is 21.1. The van der Waals surface area contributed by atoms with Gasteiger partial charge in [-0.2, -0.15) is 0 Å². The fourth-order valence-electron chi connectivity index (χ4n) is 3.63. The number of anilines is 2. The summed E-state index contributed by atoms with van der Waals surface area (Å²) in [6.07, 6.45) is 13.0. The van der Waals surface area contributed by atoms with Crippen LogP contribution in [0.4, 0.5) is 11.4 Å². The average molecular weight is 393 g/mol. The maximum Gasteiger partial charge on any atom is 0.0715 e. The number of aliphatic hydroxyl groups excluding tert-OH is 2. The molecular formula is C24H44N2O2. The van der Waals surface area contributed by atoms with Crippen molar-refractivity contribution in [2.24, 2.45) is 0 Å². The molecule has 0 radical (unpaired) electrons. The minimum Gasteiger partial charge on any atom is -0.399 e. The number of nitrogens with two attached hydrogens (primary N) is 1. The van der Waals surface area contributed by atoms with Gasteiger partial charge in [0.05, 0.1) is 12.2 Å². The van der Waals surface area contributed by atoms with Crippen LogP contribution in [-0.4, -0.2) is 35.5 Å². The molecule has 0 amide bonds. The Hall–Kier alpha value is -1.26. The topological polar surface area (TPSA) is 69.7 Å². The summed E-state index contributed by atoms with van der Waals surface area (Å²) in [7, 11) is 0. The van der Waals surface area contributed by atoms with Crippen LogP contribution < -0.4 is 10.6 Å². The number of benzene rings is 1. The van der Waals surface area contributed by atoms with E-state index in [9.17, 15) is 10.2 Å². The molecule has 0 aliphatic heterocycles. The van der Waals surface area contributed by atoms with E-state index in [4.69, 9.17) is 5.73 Å². The van der Waals surface area contributed by atoms with Gasteiger partial charge in [-0.25, -0.2) is 0 Å². The van der Waals surface area contributed by atoms with E-state index < -0.39 is 0 Å². The Balaban J connectivity index is 2.51. The van der Waals surface area contributed by atoms with Gasteiger partial charge < -0.3 is 20.8 Å². The number of nitrogens with zero attached hydrogens (tertiary/aromatic N) is 1. The molecule has 1 rings (SSSR count). The van der Waals surface area contributed by atoms with Crippen molar-refractivity contribution in [1.29, 1.82) is 0 Å². The molecule has 2 unspecified atom stereocenters. The third-order valence-electron chi connectivity index (χ3n) is 5.40. The maximum absolute atomic E-state index is 10.5. The van der Waals surface area contributed by atoms with Crippen LogP contribution in [0, 0.1) is 0 Å². The lowest BCUT2D eigenvalue weighted by Crippen LogP contribution is -2.38. The van der Waals surface area contributed by atoms with Gasteiger partial charge in [-0.15, -0.1) is 0 Å². The molecule has 0 aromatic heterocycles. The smallest absolute Gasteiger partial charge is 0.0715 e. The van der Waals surface area contributed by atoms with Gasteiger partial charge in [0.2, 0.25) is 0 Å². The third-order valence-corrected chi connectivity index (χ3v) is 5.40. The molecule has 1 aromatic rings. The van der Waals surface area contributed by atoms with E-state index >= 15 is 0 Å². The van der Waals surface area contributed by atoms with Crippen LogP contribution in [0.5, 0.6) is 0 Å². The summed E-state index contributed by atoms with van der Waals surface area (Å²) in [4.78, 5) is 2.12. The van der Waals surface area contributed by atoms with Crippen molar-refractivity contribution in [3.63, 3.8) is 0 Å². The molecule has 4 N–H and O–H groups in total. The molecule has 0 spiro atoms. The standard InChI is InChI=1S/C24H44N2O2/c1-3-5-7-9-11-13-23(27)19-26(22-17-15-21(25)16-18-22)20-24(28)14-12-10-8-6-4-2/h15-18,23-24,27-28H,3-14,19-20,25H2,1-2H3. The molecule has 0 fully saturated rings. The predicted molar refractivity (Wildman–Crippen MR) is 122 cm³/mol. The van der Waals surface area contributed by atoms with E-state index in [2.05, 4.69) is 18.7 Å². The molecule has 1 aromatic carbocycles. The summed E-state index contributed by atoms with van der Waals surface area (Å²) in [6, 6.07) is 7.74. The van der Waals surface area contributed by atoms with Crippen molar-refractivity contribution >= 4 is 11.4 Å². The van der Waals surface area contributed by atoms with Gasteiger partial charge in [-0.3, -0.25) is 0 Å². The van der Waals surface area contributed by atoms with Gasteiger partial charge in [-0.05, 0) is 37.1 Å². The molecule has 0 aliphatic rings. The summed E-state index contributed by atoms with van der Waals surface area (Å²) >= 11 is 0. The molecule has 4 heteroatoms. The van der Waals surface area contributed by atoms with Crippen molar-refractivity contribution in [2.75, 3.05) is 23.7 Å². The highest BCUT2D eigenvalue weighted by atomic mass is 16.3. The zero-order valence-corrected chi connectivity index (χ0v) is 18.3. The van der Waals surface area contributed by atoms with E-state index in [-0.39, 0.29) is 12.2 Å². The fraction of sp³-hybridized carbons (Fsp3) is 0.750. The largest absolute Gasteiger partial charge is 0.399 e. The van der Waals surface area contributed by atoms with Crippen LogP contribution in [0.1, 0.15) is 90.9 Å². The van der Waals surface area contributed by atoms with Crippen LogP contribution in [0.2, 0.25) is 0 Å². The van der Waals surface area contributed by atoms with Crippen LogP contribution in [-0.2, 0) is 0 Å². The zero-order valence-electron chi connectivity index (χ0n) is 18.3. The minimum absolute atomic E-state index is 0.365. The Bertz CT molecular complexity index is 456. The van der Waals surface area contributed by atoms with Gasteiger partial charge >= 0.3 is 0 Å². The van der Waals surface area contributed by atoms with Gasteiger partial charge in [0.15, 0.2) is 0 Å². The Kier molecular flexibility index (Phi) is 13.8. The second kappa shape index (κ2) is 15.6. The van der Waals surface area contributed by atoms with Gasteiger partial charge in [-0.1, -0.05) is 78.1 Å². The Morgan fingerprint density at radius 2 is 1.14 bits per heavy atom. The van der Waals surface area contributed by atoms with Crippen molar-refractivity contribution < 1.29 is 10.2 Å². The molecular weight excluding hydrogens is 348 g/mol. The molecule has 28 heavy (non-hydrogen) atoms. The van der Waals surface area contributed by atoms with Crippen molar-refractivity contribution in [2.45, 2.75) is 103 Å². The zero-order chi connectivity index (χ0) is 20.6. The average Bonchev–Trinajstić information content (AvgIpc) is 2.68. The van der Waals surface area contributed by atoms with Crippen molar-refractivity contribution in [3.8, 4) is 0 Å². The highest BCUT2D eigenvalue weighted by molar-refractivity contribution is 5.53. The molecule has 2 atom stereocenters. The second-order valence-corrected chi connectivity index (χ2v) is 8.21. The number of hydrogen-bond donors (Lipinski definition) is 3. The minimum atomic E-state index is -0.365. The van der Waals surface area contributed by atoms with Crippen LogP contribution in [0.3, 0.4) is 0 Å². The number of nitrogen functional groups attached to an aromatic ring is 1. The van der Waals surface area contributed by atoms with Gasteiger partial charge in [0.25, 0.3) is 0 Å². The number of aliphatic hydroxyl groups is 2. The van der Waals surface area contributed by atoms with E-state index in [1.54, 1.807) is 0 Å². The quantitative estimate of drug-likeness (QED) is 0.241. The first-order valence-electron chi connectivity index (χ1n) is 11.5. The molecule has 0 heterocycles. The van der Waals surface area contributed by atoms with Gasteiger partial charge in [0, 0.05) is 24.5 Å². The number of hydrogen-bond acceptors (Lipinski definition) is 4. The van der Waals surface area contributed by atoms with Crippen molar-refractivity contribution in [1.82, 2.24) is 0 Å². The summed E-state index contributed by atoms with van der Waals surface area (Å²) in [5.41, 5.74) is 7.57. The first-order chi connectivity index (χ1) is 13.6. The first-order valence-corrected chi connectivity index (χ1v) is 11.5. The van der Waals surface area contributed by atoms with E-state index in [1.165, 1.54) is 51.4 Å². The Labute approximate surface area is 173 Å². The molecule has 162 valence electrons. The molecule has 0 saturated carbocycles. The monoisotopic (exact) mass is 392 g/mol. The van der Waals surface area contributed by atoms with Crippen LogP contribution >= 0.6 is 0 Å². The summed E-state index contributed by atoms with van der Waals surface area (Å²) in [5.74, 6) is 0. The lowest BCUT2D eigenvalue weighted by Gasteiger charge is -2.29. The van der Waals surface area contributed by atoms with Crippen LogP contribution in [0.15, 0.2) is 24.3 Å². The normalized spacial score (nSPS) is 13.4. The van der Waals surface area contributed by atoms with E-state index in [1.807, 2.05) is 24.3 Å². The van der Waals surface area contributed by atoms with E-state index in [0.29, 0.717) is 13.1 Å². The highest BCUT2D eigenvalue weighted by Crippen LogP contribution is 2.19. The lowest BCUT2D eigenvalue weighted by atomic mass is 10.1. The summed E-state index contributed by atoms with van der Waals surface area (Å²) in [6.45, 7) is 5.55. The Morgan fingerprint density at radius 3 is 1.57 bits per heavy atom. The SMILES string of the molecule is CCCCCCCC(O)CN(CC(O)CCCCCCC)c1ccc(N)cc1. The fourth-order valence-corrected chi connectivity index (χ4v) is 3.63. The predicted octanol–water partition coefficient (Wildman–Crippen LogP) is 5.52. The van der Waals surface area contributed by atoms with Gasteiger partial charge in [0.1, 0.15) is 0 Å². The molecule has 4 nitrogen and oxygen atoms in total. The third kappa shape index (κ3) is 11.6. The second-order valence-electron chi connectivity index (χ2n) is 8.21. The molecule has 0 saturated heterocycles. The lowest BCUT2D eigenvalue weighted by molar-refractivity contribution is 0.145. The Morgan fingerprint density at radius 1 is 0.714 bits per heavy atom. The molecule has 0 bridgehead atoms. The maximum atomic E-state index is 10.5. The van der Waals surface area contributed by atoms with Crippen LogP contribution in [0.25, 0.3) is 0 Å².